The third kappa shape index (κ3) is 6.50. The molecule has 6 rings (SSSR count). The highest BCUT2D eigenvalue weighted by molar-refractivity contribution is 5.78. The van der Waals surface area contributed by atoms with Crippen molar-refractivity contribution in [2.75, 3.05) is 20.8 Å². The maximum Gasteiger partial charge on any atom is 0.162 e. The molecule has 218 valence electrons. The van der Waals surface area contributed by atoms with E-state index in [2.05, 4.69) is 77.9 Å². The second-order valence-electron chi connectivity index (χ2n) is 10.7. The van der Waals surface area contributed by atoms with Gasteiger partial charge in [0.15, 0.2) is 23.0 Å². The van der Waals surface area contributed by atoms with E-state index in [1.54, 1.807) is 14.2 Å². The van der Waals surface area contributed by atoms with E-state index in [1.165, 1.54) is 11.1 Å². The molecular weight excluding hydrogens is 536 g/mol. The number of ether oxygens (including phenoxy) is 4. The Hall–Kier alpha value is -4.81. The lowest BCUT2D eigenvalue weighted by atomic mass is 9.92. The third-order valence-corrected chi connectivity index (χ3v) is 7.84. The van der Waals surface area contributed by atoms with Gasteiger partial charge in [0.2, 0.25) is 0 Å². The van der Waals surface area contributed by atoms with Gasteiger partial charge in [0.25, 0.3) is 0 Å². The number of aryl methyl sites for hydroxylation is 1. The van der Waals surface area contributed by atoms with Crippen LogP contribution in [0.25, 0.3) is 17.0 Å². The van der Waals surface area contributed by atoms with E-state index >= 15 is 0 Å². The zero-order valence-corrected chi connectivity index (χ0v) is 24.8. The van der Waals surface area contributed by atoms with E-state index < -0.39 is 0 Å². The molecule has 0 saturated carbocycles. The molecule has 6 nitrogen and oxygen atoms in total. The first-order valence-corrected chi connectivity index (χ1v) is 14.6. The molecule has 0 radical (unpaired) electrons. The summed E-state index contributed by atoms with van der Waals surface area (Å²) in [6.07, 6.45) is 7.09. The zero-order valence-electron chi connectivity index (χ0n) is 24.8. The van der Waals surface area contributed by atoms with Crippen LogP contribution in [0.2, 0.25) is 0 Å². The van der Waals surface area contributed by atoms with Gasteiger partial charge >= 0.3 is 0 Å². The van der Waals surface area contributed by atoms with Crippen molar-refractivity contribution in [1.29, 1.82) is 0 Å². The maximum absolute atomic E-state index is 6.28. The highest BCUT2D eigenvalue weighted by atomic mass is 16.5. The number of hydrogen-bond acceptors (Lipinski definition) is 6. The minimum absolute atomic E-state index is 0.0397. The summed E-state index contributed by atoms with van der Waals surface area (Å²) in [6, 6.07) is 28.7. The molecule has 2 heterocycles. The molecule has 4 aromatic carbocycles. The summed E-state index contributed by atoms with van der Waals surface area (Å²) in [5.74, 6) is 2.92. The van der Waals surface area contributed by atoms with Gasteiger partial charge in [-0.05, 0) is 89.2 Å². The Kier molecular flexibility index (Phi) is 8.57. The van der Waals surface area contributed by atoms with Crippen LogP contribution in [-0.4, -0.2) is 25.7 Å². The molecule has 5 aromatic rings. The highest BCUT2D eigenvalue weighted by Crippen LogP contribution is 2.37. The van der Waals surface area contributed by atoms with Gasteiger partial charge in [0.1, 0.15) is 13.2 Å². The third-order valence-electron chi connectivity index (χ3n) is 7.84. The highest BCUT2D eigenvalue weighted by Gasteiger charge is 2.21. The Morgan fingerprint density at radius 2 is 1.56 bits per heavy atom. The largest absolute Gasteiger partial charge is 0.493 e. The van der Waals surface area contributed by atoms with E-state index in [0.717, 1.165) is 57.6 Å². The van der Waals surface area contributed by atoms with Gasteiger partial charge in [-0.25, -0.2) is 0 Å². The van der Waals surface area contributed by atoms with Crippen molar-refractivity contribution >= 4 is 17.0 Å². The zero-order chi connectivity index (χ0) is 29.6. The van der Waals surface area contributed by atoms with Crippen LogP contribution in [0.5, 0.6) is 23.0 Å². The Morgan fingerprint density at radius 1 is 0.791 bits per heavy atom. The molecule has 1 unspecified atom stereocenters. The first kappa shape index (κ1) is 28.3. The molecule has 0 aliphatic carbocycles. The van der Waals surface area contributed by atoms with Gasteiger partial charge in [-0.1, -0.05) is 54.6 Å². The molecule has 1 aliphatic rings. The number of nitrogens with one attached hydrogen (secondary N) is 1. The molecule has 1 aliphatic heterocycles. The number of benzene rings is 4. The van der Waals surface area contributed by atoms with Gasteiger partial charge < -0.3 is 24.3 Å². The monoisotopic (exact) mass is 572 g/mol. The van der Waals surface area contributed by atoms with Crippen LogP contribution in [0.3, 0.4) is 0 Å². The summed E-state index contributed by atoms with van der Waals surface area (Å²) >= 11 is 0. The van der Waals surface area contributed by atoms with Crippen LogP contribution < -0.4 is 24.3 Å². The first-order chi connectivity index (χ1) is 21.1. The number of pyridine rings is 1. The molecule has 1 atom stereocenters. The number of hydrogen-bond donors (Lipinski definition) is 1. The Morgan fingerprint density at radius 3 is 2.37 bits per heavy atom. The lowest BCUT2D eigenvalue weighted by Crippen LogP contribution is -2.28. The SMILES string of the molecule is COc1cc(C)c(/C=C/C2NCCc3cc(OCc4ccccc4)c(OC)cc32)cc1OCc1ccc2ncccc2c1. The average Bonchev–Trinajstić information content (AvgIpc) is 3.05. The quantitative estimate of drug-likeness (QED) is 0.186. The number of aromatic nitrogens is 1. The van der Waals surface area contributed by atoms with Crippen LogP contribution in [0.15, 0.2) is 97.2 Å². The molecular formula is C37H36N2O4. The predicted molar refractivity (Wildman–Crippen MR) is 171 cm³/mol. The molecule has 0 amide bonds. The van der Waals surface area contributed by atoms with Crippen LogP contribution in [0.4, 0.5) is 0 Å². The van der Waals surface area contributed by atoms with Crippen molar-refractivity contribution < 1.29 is 18.9 Å². The van der Waals surface area contributed by atoms with Crippen molar-refractivity contribution in [3.63, 3.8) is 0 Å². The van der Waals surface area contributed by atoms with Gasteiger partial charge in [0.05, 0.1) is 25.8 Å². The second-order valence-corrected chi connectivity index (χ2v) is 10.7. The summed E-state index contributed by atoms with van der Waals surface area (Å²) < 4.78 is 23.9. The van der Waals surface area contributed by atoms with Crippen molar-refractivity contribution in [3.05, 3.63) is 131 Å². The lowest BCUT2D eigenvalue weighted by Gasteiger charge is -2.26. The summed E-state index contributed by atoms with van der Waals surface area (Å²) in [7, 11) is 3.36. The Bertz CT molecular complexity index is 1750. The molecule has 0 spiro atoms. The first-order valence-electron chi connectivity index (χ1n) is 14.6. The normalized spacial score (nSPS) is 14.4. The number of nitrogens with zero attached hydrogens (tertiary/aromatic N) is 1. The van der Waals surface area contributed by atoms with E-state index in [1.807, 2.05) is 42.6 Å². The van der Waals surface area contributed by atoms with E-state index in [4.69, 9.17) is 18.9 Å². The molecule has 1 N–H and O–H groups in total. The Balaban J connectivity index is 1.21. The van der Waals surface area contributed by atoms with E-state index in [9.17, 15) is 0 Å². The van der Waals surface area contributed by atoms with Crippen molar-refractivity contribution in [1.82, 2.24) is 10.3 Å². The molecule has 0 bridgehead atoms. The molecule has 43 heavy (non-hydrogen) atoms. The summed E-state index contributed by atoms with van der Waals surface area (Å²) in [4.78, 5) is 4.41. The van der Waals surface area contributed by atoms with Gasteiger partial charge in [-0.3, -0.25) is 4.98 Å². The van der Waals surface area contributed by atoms with Crippen molar-refractivity contribution in [3.8, 4) is 23.0 Å². The minimum Gasteiger partial charge on any atom is -0.493 e. The lowest BCUT2D eigenvalue weighted by molar-refractivity contribution is 0.283. The fourth-order valence-corrected chi connectivity index (χ4v) is 5.48. The topological polar surface area (TPSA) is 61.8 Å². The molecule has 0 fully saturated rings. The second kappa shape index (κ2) is 13.0. The van der Waals surface area contributed by atoms with Gasteiger partial charge in [0, 0.05) is 18.1 Å². The smallest absolute Gasteiger partial charge is 0.162 e. The summed E-state index contributed by atoms with van der Waals surface area (Å²) in [5, 5.41) is 4.74. The van der Waals surface area contributed by atoms with Crippen LogP contribution in [0.1, 0.15) is 39.4 Å². The van der Waals surface area contributed by atoms with Crippen molar-refractivity contribution in [2.24, 2.45) is 0 Å². The molecule has 6 heteroatoms. The number of methoxy groups -OCH3 is 2. The van der Waals surface area contributed by atoms with E-state index in [-0.39, 0.29) is 6.04 Å². The fourth-order valence-electron chi connectivity index (χ4n) is 5.48. The molecule has 1 aromatic heterocycles. The standard InChI is InChI=1S/C37H36N2O4/c1-25-18-34(40-2)36(43-24-27-11-13-32-30(19-27)10-7-16-38-32)20-28(25)12-14-33-31-22-35(41-3)37(21-29(31)15-17-39-33)42-23-26-8-5-4-6-9-26/h4-14,16,18-22,33,39H,15,17,23-24H2,1-3H3/b14-12+. The minimum atomic E-state index is 0.0397. The molecule has 0 saturated heterocycles. The predicted octanol–water partition coefficient (Wildman–Crippen LogP) is 7.62. The van der Waals surface area contributed by atoms with Crippen LogP contribution >= 0.6 is 0 Å². The van der Waals surface area contributed by atoms with E-state index in [0.29, 0.717) is 24.7 Å². The Labute approximate surface area is 252 Å². The average molecular weight is 573 g/mol. The van der Waals surface area contributed by atoms with Crippen LogP contribution in [-0.2, 0) is 19.6 Å². The van der Waals surface area contributed by atoms with Crippen LogP contribution in [0, 0.1) is 6.92 Å². The fraction of sp³-hybridized carbons (Fsp3) is 0.216. The summed E-state index contributed by atoms with van der Waals surface area (Å²) in [6.45, 7) is 3.89. The van der Waals surface area contributed by atoms with Crippen molar-refractivity contribution in [2.45, 2.75) is 32.6 Å². The summed E-state index contributed by atoms with van der Waals surface area (Å²) in [5.41, 5.74) is 7.80. The van der Waals surface area contributed by atoms with Gasteiger partial charge in [-0.2, -0.15) is 0 Å². The van der Waals surface area contributed by atoms with Gasteiger partial charge in [-0.15, -0.1) is 0 Å². The maximum atomic E-state index is 6.28. The number of fused-ring (bicyclic) bond motifs is 2. The number of rotatable bonds is 10.